The number of anilines is 2. The second kappa shape index (κ2) is 47.7. The summed E-state index contributed by atoms with van der Waals surface area (Å²) >= 11 is 0. The molecule has 3 aliphatic rings. The molecule has 0 unspecified atom stereocenters. The standard InChI is InChI=1S/C12H11NO2.C11H16N2O.C11H17N.C10H14N2.C10H16N2.C7H6F3NO3S.C6H7NO.C2F6O5S2.CH4.H4N2/c1-2-3-8-13-11(14)9-6-4-5-7-10(9)12(13)15;14-8-6-10-5-4-9-3-1-2-7-12-11(9)13-10;1-3-4-5-6-11-8-7-10(2)12-9-11;1-8-5-6-9-4-2-3-7-11-10(9)12-8;1-9-5-6-10(8-12-9)4-2-3-7-11;1-5-2-3-6(4-11-5)14-15(12,13)7(8,9)10;1-5-2-3-6(8)4-7-5;3-1(4,5)14(9,10)13-15(11,12)2(6,7)8;;1-2/h2,4-7H,1,3,8H2;4-5,14H,1-3,6-8H2,(H,12,13);7-9H,3-6H2,1-2H3;5-6H,2-4,7H2,1H3,(H,11,12);5-6,8H,2-4,7,11H2,1H3;2-4H,1H3;2-4,8H,1H3;;1H4;1-2H2. The lowest BCUT2D eigenvalue weighted by Crippen LogP contribution is -2.34. The second-order valence-electron chi connectivity index (χ2n) is 22.9. The summed E-state index contributed by atoms with van der Waals surface area (Å²) in [6, 6.07) is 29.6. The van der Waals surface area contributed by atoms with Gasteiger partial charge in [-0.2, -0.15) is 64.8 Å². The Morgan fingerprint density at radius 1 is 0.557 bits per heavy atom. The molecule has 0 aliphatic carbocycles. The highest BCUT2D eigenvalue weighted by Crippen LogP contribution is 2.33. The summed E-state index contributed by atoms with van der Waals surface area (Å²) in [6.07, 6.45) is 25.0. The minimum absolute atomic E-state index is 0. The van der Waals surface area contributed by atoms with Gasteiger partial charge in [-0.25, -0.2) is 9.97 Å². The van der Waals surface area contributed by atoms with E-state index in [1.807, 2.05) is 49.8 Å². The average Bonchev–Trinajstić information content (AvgIpc) is 1.62. The number of aromatic nitrogens is 6. The first-order chi connectivity index (χ1) is 49.4. The molecule has 3 aliphatic heterocycles. The third-order valence-electron chi connectivity index (χ3n) is 14.2. The molecule has 24 nitrogen and oxygen atoms in total. The fourth-order valence-electron chi connectivity index (χ4n) is 8.71. The number of benzene rings is 1. The minimum Gasteiger partial charge on any atom is -0.506 e. The molecule has 0 saturated carbocycles. The van der Waals surface area contributed by atoms with Gasteiger partial charge >= 0.3 is 46.9 Å². The summed E-state index contributed by atoms with van der Waals surface area (Å²) in [5.74, 6) is 9.48. The molecule has 588 valence electrons. The second-order valence-corrected chi connectivity index (χ2v) is 27.7. The van der Waals surface area contributed by atoms with Crippen molar-refractivity contribution in [1.29, 1.82) is 0 Å². The van der Waals surface area contributed by atoms with Gasteiger partial charge in [0, 0.05) is 79.2 Å². The molecular weight excluding hydrogens is 1470 g/mol. The van der Waals surface area contributed by atoms with Gasteiger partial charge in [-0.1, -0.05) is 69.7 Å². The monoisotopic (exact) mass is 1560 g/mol. The maximum absolute atomic E-state index is 11.9. The van der Waals surface area contributed by atoms with E-state index in [4.69, 9.17) is 15.9 Å². The number of aliphatic hydroxyl groups excluding tert-OH is 1. The number of amides is 2. The van der Waals surface area contributed by atoms with Crippen LogP contribution in [0.4, 0.5) is 51.1 Å². The molecular formula is C70H95F9N12O12S3. The summed E-state index contributed by atoms with van der Waals surface area (Å²) in [7, 11) is -19.3. The van der Waals surface area contributed by atoms with Crippen LogP contribution in [0.1, 0.15) is 156 Å². The largest absolute Gasteiger partial charge is 0.534 e. The number of alkyl halides is 9. The molecule has 0 spiro atoms. The van der Waals surface area contributed by atoms with Gasteiger partial charge in [0.15, 0.2) is 5.75 Å². The zero-order valence-corrected chi connectivity index (χ0v) is 61.4. The Hall–Kier alpha value is -8.78. The number of halogens is 9. The van der Waals surface area contributed by atoms with Gasteiger partial charge in [0.05, 0.1) is 23.5 Å². The number of hydrazine groups is 1. The van der Waals surface area contributed by atoms with Gasteiger partial charge in [0.1, 0.15) is 17.4 Å². The SMILES string of the molecule is C.C=CCCN1C(=O)c2ccccc2C1=O.CCCCCc1ccc(C)nc1.Cc1ccc(CCCCN)cn1.Cc1ccc(O)cn1.Cc1ccc(OS(=O)(=O)C(F)(F)F)cn1.Cc1ccc2c(n1)NCCCC2.NN.O=S(=O)(OS(=O)(=O)C(F)(F)F)C(F)(F)F.OCCc1ccc2c(n1)NCCCC2. The maximum atomic E-state index is 11.9. The van der Waals surface area contributed by atoms with Crippen molar-refractivity contribution in [2.24, 2.45) is 17.4 Å². The molecule has 6 aromatic heterocycles. The van der Waals surface area contributed by atoms with Crippen LogP contribution in [0, 0.1) is 34.6 Å². The summed E-state index contributed by atoms with van der Waals surface area (Å²) in [5, 5.41) is 24.2. The highest BCUT2D eigenvalue weighted by Gasteiger charge is 2.57. The van der Waals surface area contributed by atoms with Crippen molar-refractivity contribution < 1.29 is 92.4 Å². The van der Waals surface area contributed by atoms with Crippen LogP contribution in [0.3, 0.4) is 0 Å². The molecule has 106 heavy (non-hydrogen) atoms. The molecule has 0 atom stereocenters. The number of nitrogens with one attached hydrogen (secondary N) is 2. The van der Waals surface area contributed by atoms with Crippen LogP contribution in [0.2, 0.25) is 0 Å². The van der Waals surface area contributed by atoms with Crippen molar-refractivity contribution in [3.8, 4) is 11.5 Å². The van der Waals surface area contributed by atoms with E-state index in [1.165, 1.54) is 104 Å². The molecule has 2 amide bonds. The van der Waals surface area contributed by atoms with Crippen LogP contribution in [-0.2, 0) is 66.1 Å². The topological polar surface area (TPSA) is 378 Å². The summed E-state index contributed by atoms with van der Waals surface area (Å²) < 4.78 is 171. The highest BCUT2D eigenvalue weighted by atomic mass is 32.3. The number of rotatable bonds is 17. The first kappa shape index (κ1) is 95.2. The number of aromatic hydroxyl groups is 1. The molecule has 0 fully saturated rings. The number of pyridine rings is 6. The smallest absolute Gasteiger partial charge is 0.506 e. The quantitative estimate of drug-likeness (QED) is 0.00651. The first-order valence-corrected chi connectivity index (χ1v) is 37.0. The molecule has 10 N–H and O–H groups in total. The molecule has 0 radical (unpaired) electrons. The number of unbranched alkanes of at least 4 members (excludes halogenated alkanes) is 3. The van der Waals surface area contributed by atoms with E-state index in [0.717, 1.165) is 91.3 Å². The van der Waals surface area contributed by atoms with Gasteiger partial charge in [-0.3, -0.25) is 46.1 Å². The van der Waals surface area contributed by atoms with E-state index in [1.54, 1.807) is 49.4 Å². The summed E-state index contributed by atoms with van der Waals surface area (Å²) in [4.78, 5) is 49.7. The lowest BCUT2D eigenvalue weighted by molar-refractivity contribution is -0.0586. The molecule has 10 rings (SSSR count). The Bertz CT molecular complexity index is 3950. The maximum Gasteiger partial charge on any atom is 0.534 e. The Labute approximate surface area is 614 Å². The van der Waals surface area contributed by atoms with Crippen LogP contribution >= 0.6 is 0 Å². The summed E-state index contributed by atoms with van der Waals surface area (Å²) in [6.45, 7) is 18.8. The van der Waals surface area contributed by atoms with Crippen molar-refractivity contribution in [3.63, 3.8) is 0 Å². The van der Waals surface area contributed by atoms with Crippen LogP contribution in [-0.4, -0.2) is 131 Å². The van der Waals surface area contributed by atoms with Crippen LogP contribution in [0.5, 0.6) is 11.5 Å². The van der Waals surface area contributed by atoms with Crippen LogP contribution in [0.25, 0.3) is 0 Å². The van der Waals surface area contributed by atoms with Gasteiger partial charge in [-0.05, 0) is 201 Å². The summed E-state index contributed by atoms with van der Waals surface area (Å²) in [5.41, 5.74) is -0.457. The fourth-order valence-corrected chi connectivity index (χ4v) is 10.7. The van der Waals surface area contributed by atoms with Crippen molar-refractivity contribution in [2.45, 2.75) is 162 Å². The fraction of sp³-hybridized carbons (Fsp3) is 0.429. The van der Waals surface area contributed by atoms with E-state index in [0.29, 0.717) is 36.2 Å². The zero-order chi connectivity index (χ0) is 79.0. The molecule has 0 saturated heterocycles. The molecule has 1 aromatic carbocycles. The number of carbonyl (C=O) groups excluding carboxylic acids is 2. The number of carbonyl (C=O) groups is 2. The van der Waals surface area contributed by atoms with Crippen molar-refractivity contribution in [2.75, 3.05) is 43.4 Å². The number of aryl methyl sites for hydroxylation is 9. The number of nitrogens with zero attached hydrogens (tertiary/aromatic N) is 7. The van der Waals surface area contributed by atoms with E-state index < -0.39 is 52.6 Å². The zero-order valence-electron chi connectivity index (χ0n) is 58.9. The first-order valence-electron chi connectivity index (χ1n) is 32.7. The lowest BCUT2D eigenvalue weighted by Gasteiger charge is -2.11. The highest BCUT2D eigenvalue weighted by molar-refractivity contribution is 8.00. The Morgan fingerprint density at radius 2 is 0.991 bits per heavy atom. The number of hydrogen-bond acceptors (Lipinski definition) is 23. The lowest BCUT2D eigenvalue weighted by atomic mass is 10.1. The molecule has 0 bridgehead atoms. The third kappa shape index (κ3) is 35.1. The van der Waals surface area contributed by atoms with Crippen molar-refractivity contribution >= 4 is 53.8 Å². The molecule has 7 aromatic rings. The predicted molar refractivity (Wildman–Crippen MR) is 388 cm³/mol. The van der Waals surface area contributed by atoms with E-state index in [-0.39, 0.29) is 31.6 Å². The average molecular weight is 1560 g/mol. The third-order valence-corrected chi connectivity index (χ3v) is 17.8. The van der Waals surface area contributed by atoms with Crippen molar-refractivity contribution in [3.05, 3.63) is 202 Å². The van der Waals surface area contributed by atoms with E-state index >= 15 is 0 Å². The van der Waals surface area contributed by atoms with E-state index in [2.05, 4.69) is 112 Å². The van der Waals surface area contributed by atoms with Gasteiger partial charge in [0.2, 0.25) is 0 Å². The normalized spacial score (nSPS) is 12.9. The molecule has 36 heteroatoms. The van der Waals surface area contributed by atoms with Crippen LogP contribution < -0.4 is 32.2 Å². The van der Waals surface area contributed by atoms with Crippen LogP contribution in [0.15, 0.2) is 135 Å². The number of aliphatic hydroxyl groups is 1. The van der Waals surface area contributed by atoms with E-state index in [9.17, 15) is 74.4 Å². The number of imide groups is 1. The number of nitrogens with two attached hydrogens (primary N) is 3. The predicted octanol–water partition coefficient (Wildman–Crippen LogP) is 13.0. The minimum atomic E-state index is -6.85. The van der Waals surface area contributed by atoms with Crippen molar-refractivity contribution in [1.82, 2.24) is 34.8 Å². The Morgan fingerprint density at radius 3 is 1.39 bits per heavy atom. The Kier molecular flexibility index (Phi) is 42.9. The van der Waals surface area contributed by atoms with Gasteiger partial charge in [0.25, 0.3) is 11.8 Å². The molecule has 9 heterocycles. The van der Waals surface area contributed by atoms with Gasteiger partial charge in [-0.15, -0.1) is 10.2 Å². The van der Waals surface area contributed by atoms with Gasteiger partial charge < -0.3 is 30.8 Å². The Balaban J connectivity index is 0.000000605. The number of hydrogen-bond donors (Lipinski definition) is 7. The number of fused-ring (bicyclic) bond motifs is 3.